The molecular weight excluding hydrogens is 222 g/mol. The molecule has 0 atom stereocenters. The van der Waals surface area contributed by atoms with Gasteiger partial charge in [-0.2, -0.15) is 0 Å². The summed E-state index contributed by atoms with van der Waals surface area (Å²) in [5, 5.41) is 0. The number of benzene rings is 1. The van der Waals surface area contributed by atoms with E-state index >= 15 is 0 Å². The number of alkyl halides is 2. The molecule has 1 aromatic rings. The lowest BCUT2D eigenvalue weighted by molar-refractivity contribution is 0.137. The Kier molecular flexibility index (Phi) is 3.60. The molecule has 0 nitrogen and oxygen atoms in total. The molecule has 0 spiro atoms. The minimum Gasteiger partial charge on any atom is -0.211 e. The lowest BCUT2D eigenvalue weighted by Crippen LogP contribution is -2.04. The van der Waals surface area contributed by atoms with E-state index < -0.39 is 48.1 Å². The zero-order chi connectivity index (χ0) is 11.6. The van der Waals surface area contributed by atoms with Gasteiger partial charge in [0.25, 0.3) is 0 Å². The number of halogens is 6. The van der Waals surface area contributed by atoms with Crippen molar-refractivity contribution >= 4 is 0 Å². The predicted molar refractivity (Wildman–Crippen MR) is 40.6 cm³/mol. The van der Waals surface area contributed by atoms with E-state index in [1.807, 2.05) is 0 Å². The molecule has 0 aliphatic rings. The summed E-state index contributed by atoms with van der Waals surface area (Å²) in [6.45, 7) is 0. The van der Waals surface area contributed by atoms with Crippen LogP contribution in [0.25, 0.3) is 0 Å². The van der Waals surface area contributed by atoms with Gasteiger partial charge in [0.05, 0.1) is 0 Å². The van der Waals surface area contributed by atoms with E-state index in [4.69, 9.17) is 0 Å². The van der Waals surface area contributed by atoms with Crippen molar-refractivity contribution in [3.05, 3.63) is 34.9 Å². The first kappa shape index (κ1) is 11.9. The third kappa shape index (κ3) is 2.64. The molecule has 1 rings (SSSR count). The van der Waals surface area contributed by atoms with Gasteiger partial charge in [-0.1, -0.05) is 0 Å². The van der Waals surface area contributed by atoms with Crippen molar-refractivity contribution in [1.82, 2.24) is 0 Å². The van der Waals surface area contributed by atoms with Crippen LogP contribution in [0.4, 0.5) is 26.3 Å². The van der Waals surface area contributed by atoms with Crippen molar-refractivity contribution in [2.24, 2.45) is 0 Å². The number of hydrogen-bond donors (Lipinski definition) is 0. The predicted octanol–water partition coefficient (Wildman–Crippen LogP) is 3.44. The van der Waals surface area contributed by atoms with Crippen LogP contribution >= 0.6 is 0 Å². The highest BCUT2D eigenvalue weighted by Crippen LogP contribution is 2.21. The molecule has 0 aromatic heterocycles. The first-order chi connectivity index (χ1) is 6.93. The summed E-state index contributed by atoms with van der Waals surface area (Å²) in [4.78, 5) is 0. The molecule has 1 aromatic carbocycles. The second-order valence-electron chi connectivity index (χ2n) is 2.88. The Morgan fingerprint density at radius 3 is 2.07 bits per heavy atom. The lowest BCUT2D eigenvalue weighted by Gasteiger charge is -2.05. The highest BCUT2D eigenvalue weighted by Gasteiger charge is 2.19. The van der Waals surface area contributed by atoms with Crippen LogP contribution in [-0.4, -0.2) is 6.43 Å². The molecular formula is C9H6F6. The second-order valence-corrected chi connectivity index (χ2v) is 2.88. The SMILES string of the molecule is Fc1cc(F)c(CCC(F)F)c(F)c1F. The molecule has 0 aliphatic carbocycles. The molecule has 0 amide bonds. The minimum atomic E-state index is -2.75. The Morgan fingerprint density at radius 1 is 0.933 bits per heavy atom. The quantitative estimate of drug-likeness (QED) is 0.422. The van der Waals surface area contributed by atoms with Crippen molar-refractivity contribution in [2.45, 2.75) is 19.3 Å². The van der Waals surface area contributed by atoms with Gasteiger partial charge in [-0.15, -0.1) is 0 Å². The van der Waals surface area contributed by atoms with E-state index in [0.717, 1.165) is 0 Å². The van der Waals surface area contributed by atoms with Gasteiger partial charge in [0.2, 0.25) is 6.43 Å². The second kappa shape index (κ2) is 4.55. The molecule has 0 saturated heterocycles. The number of hydrogen-bond acceptors (Lipinski definition) is 0. The van der Waals surface area contributed by atoms with Gasteiger partial charge in [-0.3, -0.25) is 0 Å². The fourth-order valence-corrected chi connectivity index (χ4v) is 1.09. The zero-order valence-electron chi connectivity index (χ0n) is 7.34. The maximum Gasteiger partial charge on any atom is 0.239 e. The van der Waals surface area contributed by atoms with Crippen LogP contribution in [-0.2, 0) is 6.42 Å². The lowest BCUT2D eigenvalue weighted by atomic mass is 10.1. The molecule has 0 bridgehead atoms. The Balaban J connectivity index is 3.02. The van der Waals surface area contributed by atoms with Crippen molar-refractivity contribution in [1.29, 1.82) is 0 Å². The van der Waals surface area contributed by atoms with Crippen molar-refractivity contribution < 1.29 is 26.3 Å². The Bertz CT molecular complexity index is 360. The van der Waals surface area contributed by atoms with E-state index in [9.17, 15) is 26.3 Å². The summed E-state index contributed by atoms with van der Waals surface area (Å²) in [6, 6.07) is 0.138. The van der Waals surface area contributed by atoms with Gasteiger partial charge in [-0.25, -0.2) is 26.3 Å². The maximum absolute atomic E-state index is 12.9. The highest BCUT2D eigenvalue weighted by atomic mass is 19.3. The Labute approximate surface area is 81.5 Å². The van der Waals surface area contributed by atoms with Crippen molar-refractivity contribution in [3.63, 3.8) is 0 Å². The van der Waals surface area contributed by atoms with E-state index in [1.54, 1.807) is 0 Å². The van der Waals surface area contributed by atoms with Crippen LogP contribution in [0.3, 0.4) is 0 Å². The van der Waals surface area contributed by atoms with Crippen LogP contribution in [0.1, 0.15) is 12.0 Å². The third-order valence-corrected chi connectivity index (χ3v) is 1.82. The molecule has 6 heteroatoms. The summed E-state index contributed by atoms with van der Waals surface area (Å²) in [5.41, 5.74) is -0.853. The molecule has 15 heavy (non-hydrogen) atoms. The largest absolute Gasteiger partial charge is 0.239 e. The van der Waals surface area contributed by atoms with Crippen LogP contribution < -0.4 is 0 Å². The smallest absolute Gasteiger partial charge is 0.211 e. The fourth-order valence-electron chi connectivity index (χ4n) is 1.09. The Morgan fingerprint density at radius 2 is 1.53 bits per heavy atom. The van der Waals surface area contributed by atoms with Crippen LogP contribution in [0.2, 0.25) is 0 Å². The van der Waals surface area contributed by atoms with Gasteiger partial charge < -0.3 is 0 Å². The highest BCUT2D eigenvalue weighted by molar-refractivity contribution is 5.22. The summed E-state index contributed by atoms with van der Waals surface area (Å²) in [6.07, 6.45) is -4.23. The molecule has 0 heterocycles. The van der Waals surface area contributed by atoms with E-state index in [0.29, 0.717) is 0 Å². The zero-order valence-corrected chi connectivity index (χ0v) is 7.34. The third-order valence-electron chi connectivity index (χ3n) is 1.82. The molecule has 0 N–H and O–H groups in total. The average Bonchev–Trinajstić information content (AvgIpc) is 2.14. The minimum absolute atomic E-state index is 0.138. The normalized spacial score (nSPS) is 11.1. The fraction of sp³-hybridized carbons (Fsp3) is 0.333. The van der Waals surface area contributed by atoms with E-state index in [1.165, 1.54) is 0 Å². The first-order valence-electron chi connectivity index (χ1n) is 4.03. The molecule has 0 aliphatic heterocycles. The monoisotopic (exact) mass is 228 g/mol. The van der Waals surface area contributed by atoms with Gasteiger partial charge in [0.15, 0.2) is 17.5 Å². The van der Waals surface area contributed by atoms with Crippen LogP contribution in [0.15, 0.2) is 6.07 Å². The molecule has 0 radical (unpaired) electrons. The topological polar surface area (TPSA) is 0 Å². The molecule has 84 valence electrons. The maximum atomic E-state index is 12.9. The molecule has 0 unspecified atom stereocenters. The van der Waals surface area contributed by atoms with E-state index in [2.05, 4.69) is 0 Å². The summed E-state index contributed by atoms with van der Waals surface area (Å²) in [7, 11) is 0. The van der Waals surface area contributed by atoms with Crippen molar-refractivity contribution in [2.75, 3.05) is 0 Å². The van der Waals surface area contributed by atoms with Crippen LogP contribution in [0, 0.1) is 23.3 Å². The number of rotatable bonds is 3. The molecule has 0 saturated carbocycles. The Hall–Kier alpha value is -1.20. The van der Waals surface area contributed by atoms with Gasteiger partial charge in [-0.05, 0) is 6.42 Å². The van der Waals surface area contributed by atoms with Gasteiger partial charge >= 0.3 is 0 Å². The van der Waals surface area contributed by atoms with Gasteiger partial charge in [0.1, 0.15) is 5.82 Å². The first-order valence-corrected chi connectivity index (χ1v) is 4.03. The summed E-state index contributed by atoms with van der Waals surface area (Å²) in [5.74, 6) is -6.62. The summed E-state index contributed by atoms with van der Waals surface area (Å²) < 4.78 is 74.2. The van der Waals surface area contributed by atoms with Crippen molar-refractivity contribution in [3.8, 4) is 0 Å². The van der Waals surface area contributed by atoms with E-state index in [-0.39, 0.29) is 6.07 Å². The standard InChI is InChI=1S/C9H6F6/c10-5-3-6(11)9(15)8(14)4(5)1-2-7(12)13/h3,7H,1-2H2. The summed E-state index contributed by atoms with van der Waals surface area (Å²) >= 11 is 0. The van der Waals surface area contributed by atoms with Gasteiger partial charge in [0, 0.05) is 18.1 Å². The molecule has 0 fully saturated rings. The van der Waals surface area contributed by atoms with Crippen LogP contribution in [0.5, 0.6) is 0 Å². The average molecular weight is 228 g/mol.